The van der Waals surface area contributed by atoms with E-state index in [4.69, 9.17) is 4.74 Å². The number of H-pyrrole nitrogens is 1. The van der Waals surface area contributed by atoms with Gasteiger partial charge in [0.25, 0.3) is 5.56 Å². The molecule has 0 atom stereocenters. The number of rotatable bonds is 5. The van der Waals surface area contributed by atoms with Gasteiger partial charge in [-0.3, -0.25) is 4.79 Å². The molecule has 5 nitrogen and oxygen atoms in total. The Morgan fingerprint density at radius 2 is 2.05 bits per heavy atom. The smallest absolute Gasteiger partial charge is 0.262 e. The molecule has 106 valence electrons. The molecule has 0 spiro atoms. The first-order chi connectivity index (χ1) is 9.61. The van der Waals surface area contributed by atoms with Crippen LogP contribution in [0.5, 0.6) is 5.88 Å². The zero-order valence-corrected chi connectivity index (χ0v) is 12.6. The van der Waals surface area contributed by atoms with Gasteiger partial charge < -0.3 is 14.8 Å². The van der Waals surface area contributed by atoms with E-state index in [0.29, 0.717) is 18.0 Å². The first-order valence-electron chi connectivity index (χ1n) is 6.27. The minimum Gasteiger partial charge on any atom is -0.493 e. The maximum absolute atomic E-state index is 12.1. The summed E-state index contributed by atoms with van der Waals surface area (Å²) in [5, 5.41) is 9.95. The van der Waals surface area contributed by atoms with E-state index in [1.807, 2.05) is 6.92 Å². The Labute approximate surface area is 124 Å². The van der Waals surface area contributed by atoms with E-state index >= 15 is 0 Å². The largest absolute Gasteiger partial charge is 0.493 e. The Morgan fingerprint density at radius 1 is 1.35 bits per heavy atom. The third-order valence-electron chi connectivity index (χ3n) is 2.67. The van der Waals surface area contributed by atoms with Gasteiger partial charge in [0.15, 0.2) is 0 Å². The topological polar surface area (TPSA) is 75.2 Å². The molecular formula is C14H15BrN2O3. The molecule has 0 aliphatic heterocycles. The lowest BCUT2D eigenvalue weighted by atomic mass is 10.1. The molecule has 0 aliphatic rings. The van der Waals surface area contributed by atoms with Crippen molar-refractivity contribution in [3.8, 4) is 17.0 Å². The molecule has 0 aliphatic carbocycles. The molecule has 0 bridgehead atoms. The van der Waals surface area contributed by atoms with E-state index in [-0.39, 0.29) is 23.6 Å². The maximum Gasteiger partial charge on any atom is 0.262 e. The maximum atomic E-state index is 12.1. The fourth-order valence-corrected chi connectivity index (χ4v) is 2.03. The summed E-state index contributed by atoms with van der Waals surface area (Å²) >= 11 is 3.32. The quantitative estimate of drug-likeness (QED) is 0.822. The summed E-state index contributed by atoms with van der Waals surface area (Å²) in [4.78, 5) is 18.6. The van der Waals surface area contributed by atoms with Crippen molar-refractivity contribution in [2.75, 3.05) is 6.61 Å². The van der Waals surface area contributed by atoms with Crippen molar-refractivity contribution in [3.63, 3.8) is 0 Å². The molecule has 0 unspecified atom stereocenters. The minimum atomic E-state index is -0.380. The lowest BCUT2D eigenvalue weighted by Gasteiger charge is -2.06. The van der Waals surface area contributed by atoms with Gasteiger partial charge >= 0.3 is 0 Å². The predicted molar refractivity (Wildman–Crippen MR) is 79.6 cm³/mol. The van der Waals surface area contributed by atoms with Gasteiger partial charge in [0.1, 0.15) is 18.0 Å². The van der Waals surface area contributed by atoms with Crippen LogP contribution in [0.3, 0.4) is 0 Å². The summed E-state index contributed by atoms with van der Waals surface area (Å²) < 4.78 is 6.19. The summed E-state index contributed by atoms with van der Waals surface area (Å²) in [6, 6.07) is 7.07. The van der Waals surface area contributed by atoms with Gasteiger partial charge in [0, 0.05) is 11.1 Å². The number of ether oxygens (including phenoxy) is 1. The molecular weight excluding hydrogens is 324 g/mol. The Balaban J connectivity index is 2.31. The van der Waals surface area contributed by atoms with Crippen molar-refractivity contribution in [2.45, 2.75) is 20.0 Å². The third-order valence-corrected chi connectivity index (χ3v) is 3.20. The molecule has 6 heteroatoms. The lowest BCUT2D eigenvalue weighted by molar-refractivity contribution is 0.115. The number of aromatic hydroxyl groups is 1. The molecule has 1 aromatic carbocycles. The third kappa shape index (κ3) is 3.46. The van der Waals surface area contributed by atoms with E-state index < -0.39 is 0 Å². The van der Waals surface area contributed by atoms with E-state index in [9.17, 15) is 9.90 Å². The Bertz CT molecular complexity index is 638. The Kier molecular flexibility index (Phi) is 4.92. The number of halogens is 1. The summed E-state index contributed by atoms with van der Waals surface area (Å²) in [6.45, 7) is 2.75. The fourth-order valence-electron chi connectivity index (χ4n) is 1.77. The van der Waals surface area contributed by atoms with Crippen LogP contribution in [0.1, 0.15) is 19.2 Å². The van der Waals surface area contributed by atoms with Gasteiger partial charge in [-0.1, -0.05) is 35.0 Å². The first-order valence-corrected chi connectivity index (χ1v) is 7.07. The molecule has 1 heterocycles. The van der Waals surface area contributed by atoms with Crippen molar-refractivity contribution in [1.29, 1.82) is 0 Å². The van der Waals surface area contributed by atoms with Crippen LogP contribution in [-0.4, -0.2) is 21.7 Å². The van der Waals surface area contributed by atoms with Crippen LogP contribution in [0.2, 0.25) is 0 Å². The molecule has 0 fully saturated rings. The molecule has 0 radical (unpaired) electrons. The van der Waals surface area contributed by atoms with Crippen molar-refractivity contribution in [1.82, 2.24) is 9.97 Å². The van der Waals surface area contributed by atoms with E-state index in [0.717, 1.165) is 10.9 Å². The van der Waals surface area contributed by atoms with Crippen LogP contribution >= 0.6 is 15.9 Å². The summed E-state index contributed by atoms with van der Waals surface area (Å²) in [5.74, 6) is 0.0352. The SMILES string of the molecule is CCCOCc1nc(O)c(-c2ccc(Br)cc2)c(=O)[nH]1. The van der Waals surface area contributed by atoms with Crippen molar-refractivity contribution in [3.05, 3.63) is 44.9 Å². The van der Waals surface area contributed by atoms with Gasteiger partial charge in [-0.25, -0.2) is 0 Å². The van der Waals surface area contributed by atoms with Crippen LogP contribution in [0.25, 0.3) is 11.1 Å². The van der Waals surface area contributed by atoms with Crippen molar-refractivity contribution < 1.29 is 9.84 Å². The second-order valence-corrected chi connectivity index (χ2v) is 5.19. The zero-order chi connectivity index (χ0) is 14.5. The molecule has 2 rings (SSSR count). The van der Waals surface area contributed by atoms with Crippen molar-refractivity contribution >= 4 is 15.9 Å². The molecule has 2 aromatic rings. The normalized spacial score (nSPS) is 10.7. The molecule has 0 saturated carbocycles. The second-order valence-electron chi connectivity index (χ2n) is 4.27. The van der Waals surface area contributed by atoms with Gasteiger partial charge in [-0.2, -0.15) is 4.98 Å². The fraction of sp³-hybridized carbons (Fsp3) is 0.286. The summed E-state index contributed by atoms with van der Waals surface area (Å²) in [5.41, 5.74) is 0.395. The molecule has 2 N–H and O–H groups in total. The van der Waals surface area contributed by atoms with Gasteiger partial charge in [-0.05, 0) is 24.1 Å². The van der Waals surface area contributed by atoms with Crippen LogP contribution in [-0.2, 0) is 11.3 Å². The molecule has 20 heavy (non-hydrogen) atoms. The summed E-state index contributed by atoms with van der Waals surface area (Å²) in [7, 11) is 0. The van der Waals surface area contributed by atoms with Crippen LogP contribution < -0.4 is 5.56 Å². The highest BCUT2D eigenvalue weighted by Gasteiger charge is 2.12. The second kappa shape index (κ2) is 6.67. The van der Waals surface area contributed by atoms with Crippen molar-refractivity contribution in [2.24, 2.45) is 0 Å². The van der Waals surface area contributed by atoms with E-state index in [1.165, 1.54) is 0 Å². The Morgan fingerprint density at radius 3 is 2.65 bits per heavy atom. The van der Waals surface area contributed by atoms with E-state index in [2.05, 4.69) is 25.9 Å². The average molecular weight is 339 g/mol. The number of aromatic nitrogens is 2. The van der Waals surface area contributed by atoms with Crippen LogP contribution in [0.15, 0.2) is 33.5 Å². The van der Waals surface area contributed by atoms with Crippen LogP contribution in [0, 0.1) is 0 Å². The highest BCUT2D eigenvalue weighted by molar-refractivity contribution is 9.10. The van der Waals surface area contributed by atoms with Gasteiger partial charge in [-0.15, -0.1) is 0 Å². The van der Waals surface area contributed by atoms with Crippen LogP contribution in [0.4, 0.5) is 0 Å². The molecule has 0 amide bonds. The highest BCUT2D eigenvalue weighted by atomic mass is 79.9. The van der Waals surface area contributed by atoms with Gasteiger partial charge in [0.2, 0.25) is 5.88 Å². The number of hydrogen-bond acceptors (Lipinski definition) is 4. The number of benzene rings is 1. The van der Waals surface area contributed by atoms with E-state index in [1.54, 1.807) is 24.3 Å². The molecule has 0 saturated heterocycles. The predicted octanol–water partition coefficient (Wildman–Crippen LogP) is 2.83. The number of nitrogens with one attached hydrogen (secondary N) is 1. The lowest BCUT2D eigenvalue weighted by Crippen LogP contribution is -2.15. The standard InChI is InChI=1S/C14H15BrN2O3/c1-2-7-20-8-11-16-13(18)12(14(19)17-11)9-3-5-10(15)6-4-9/h3-6H,2,7-8H2,1H3,(H2,16,17,18,19). The Hall–Kier alpha value is -1.66. The average Bonchev–Trinajstić information content (AvgIpc) is 2.40. The monoisotopic (exact) mass is 338 g/mol. The van der Waals surface area contributed by atoms with Gasteiger partial charge in [0.05, 0.1) is 0 Å². The number of hydrogen-bond donors (Lipinski definition) is 2. The molecule has 1 aromatic heterocycles. The highest BCUT2D eigenvalue weighted by Crippen LogP contribution is 2.24. The minimum absolute atomic E-state index is 0.164. The number of nitrogens with zero attached hydrogens (tertiary/aromatic N) is 1. The number of aromatic amines is 1. The summed E-state index contributed by atoms with van der Waals surface area (Å²) in [6.07, 6.45) is 0.882. The first kappa shape index (κ1) is 14.7. The zero-order valence-electron chi connectivity index (χ0n) is 11.0.